The first kappa shape index (κ1) is 20.9. The number of methoxy groups -OCH3 is 1. The van der Waals surface area contributed by atoms with Crippen molar-refractivity contribution in [2.75, 3.05) is 20.2 Å². The Hall–Kier alpha value is -2.81. The number of piperidine rings is 1. The van der Waals surface area contributed by atoms with Gasteiger partial charge in [0.1, 0.15) is 0 Å². The van der Waals surface area contributed by atoms with Gasteiger partial charge in [0.15, 0.2) is 11.5 Å². The van der Waals surface area contributed by atoms with Gasteiger partial charge < -0.3 is 19.6 Å². The second-order valence-electron chi connectivity index (χ2n) is 7.39. The molecule has 0 aromatic heterocycles. The van der Waals surface area contributed by atoms with Crippen LogP contribution in [0.1, 0.15) is 50.0 Å². The lowest BCUT2D eigenvalue weighted by atomic mass is 9.89. The lowest BCUT2D eigenvalue weighted by Crippen LogP contribution is -2.46. The maximum atomic E-state index is 12.3. The third-order valence-corrected chi connectivity index (χ3v) is 5.66. The van der Waals surface area contributed by atoms with Crippen molar-refractivity contribution in [1.29, 1.82) is 0 Å². The molecule has 3 N–H and O–H groups in total. The van der Waals surface area contributed by atoms with Crippen LogP contribution < -0.4 is 15.0 Å². The van der Waals surface area contributed by atoms with Crippen LogP contribution in [0.2, 0.25) is 0 Å². The molecule has 2 amide bonds. The molecule has 9 heteroatoms. The van der Waals surface area contributed by atoms with Crippen LogP contribution in [0.3, 0.4) is 0 Å². The average molecular weight is 405 g/mol. The molecule has 9 nitrogen and oxygen atoms in total. The Morgan fingerprint density at radius 2 is 1.83 bits per heavy atom. The molecule has 1 aromatic rings. The minimum absolute atomic E-state index is 0.229. The Morgan fingerprint density at radius 3 is 2.41 bits per heavy atom. The number of ether oxygens (including phenoxy) is 2. The van der Waals surface area contributed by atoms with Crippen molar-refractivity contribution in [3.05, 3.63) is 23.8 Å². The van der Waals surface area contributed by atoms with E-state index < -0.39 is 17.5 Å². The van der Waals surface area contributed by atoms with E-state index in [4.69, 9.17) is 19.9 Å². The summed E-state index contributed by atoms with van der Waals surface area (Å²) in [7, 11) is 1.63. The highest BCUT2D eigenvalue weighted by Crippen LogP contribution is 2.37. The molecule has 0 atom stereocenters. The monoisotopic (exact) mass is 405 g/mol. The van der Waals surface area contributed by atoms with E-state index in [1.807, 2.05) is 18.2 Å². The summed E-state index contributed by atoms with van der Waals surface area (Å²) in [6.07, 6.45) is 6.11. The van der Waals surface area contributed by atoms with E-state index >= 15 is 0 Å². The Labute approximate surface area is 169 Å². The second-order valence-corrected chi connectivity index (χ2v) is 7.39. The molecule has 0 unspecified atom stereocenters. The normalized spacial score (nSPS) is 18.6. The third kappa shape index (κ3) is 4.79. The van der Waals surface area contributed by atoms with Crippen molar-refractivity contribution in [3.63, 3.8) is 0 Å². The summed E-state index contributed by atoms with van der Waals surface area (Å²) in [6, 6.07) is 5.96. The van der Waals surface area contributed by atoms with Crippen molar-refractivity contribution >= 4 is 17.5 Å². The molecule has 1 aliphatic carbocycles. The maximum Gasteiger partial charge on any atom is 0.302 e. The van der Waals surface area contributed by atoms with Gasteiger partial charge in [-0.25, -0.2) is 5.48 Å². The summed E-state index contributed by atoms with van der Waals surface area (Å²) >= 11 is 0. The zero-order valence-corrected chi connectivity index (χ0v) is 16.5. The highest BCUT2D eigenvalue weighted by molar-refractivity contribution is 6.64. The van der Waals surface area contributed by atoms with Crippen LogP contribution in [0.25, 0.3) is 0 Å². The number of nitrogens with one attached hydrogen (secondary N) is 1. The largest absolute Gasteiger partial charge is 0.493 e. The number of amides is 2. The van der Waals surface area contributed by atoms with E-state index in [1.165, 1.54) is 23.2 Å². The summed E-state index contributed by atoms with van der Waals surface area (Å²) in [4.78, 5) is 25.2. The molecule has 29 heavy (non-hydrogen) atoms. The maximum absolute atomic E-state index is 12.3. The topological polar surface area (TPSA) is 121 Å². The predicted molar refractivity (Wildman–Crippen MR) is 104 cm³/mol. The molecule has 0 bridgehead atoms. The van der Waals surface area contributed by atoms with E-state index in [0.29, 0.717) is 31.7 Å². The molecule has 2 fully saturated rings. The van der Waals surface area contributed by atoms with Crippen LogP contribution in [0.5, 0.6) is 11.5 Å². The Morgan fingerprint density at radius 1 is 1.14 bits per heavy atom. The van der Waals surface area contributed by atoms with E-state index in [9.17, 15) is 9.59 Å². The second kappa shape index (κ2) is 9.60. The molecule has 158 valence electrons. The number of oxime groups is 1. The summed E-state index contributed by atoms with van der Waals surface area (Å²) in [6.45, 7) is 0.818. The van der Waals surface area contributed by atoms with Crippen molar-refractivity contribution in [2.45, 2.75) is 50.5 Å². The van der Waals surface area contributed by atoms with Gasteiger partial charge in [-0.05, 0) is 62.1 Å². The first-order valence-electron chi connectivity index (χ1n) is 9.87. The fourth-order valence-electron chi connectivity index (χ4n) is 4.03. The van der Waals surface area contributed by atoms with E-state index in [-0.39, 0.29) is 12.0 Å². The van der Waals surface area contributed by atoms with Gasteiger partial charge in [0.05, 0.1) is 13.2 Å². The van der Waals surface area contributed by atoms with E-state index in [0.717, 1.165) is 24.2 Å². The number of likely N-dealkylation sites (tertiary alicyclic amines) is 1. The SMILES string of the molecule is COc1ccc(C2CCN(C(=O)/C(=N/O)C(=O)NO)CC2)cc1OC1CCCC1. The van der Waals surface area contributed by atoms with Crippen LogP contribution in [0, 0.1) is 0 Å². The number of hydroxylamine groups is 1. The molecule has 1 heterocycles. The van der Waals surface area contributed by atoms with Crippen LogP contribution in [-0.4, -0.2) is 59.1 Å². The quantitative estimate of drug-likeness (QED) is 0.219. The van der Waals surface area contributed by atoms with Crippen molar-refractivity contribution < 1.29 is 29.5 Å². The molecular weight excluding hydrogens is 378 g/mol. The summed E-state index contributed by atoms with van der Waals surface area (Å²) in [5, 5.41) is 20.3. The lowest BCUT2D eigenvalue weighted by Gasteiger charge is -2.32. The fourth-order valence-corrected chi connectivity index (χ4v) is 4.03. The Kier molecular flexibility index (Phi) is 6.92. The van der Waals surface area contributed by atoms with E-state index in [2.05, 4.69) is 5.16 Å². The highest BCUT2D eigenvalue weighted by atomic mass is 16.5. The Bertz CT molecular complexity index is 767. The molecule has 2 aliphatic rings. The molecule has 1 aliphatic heterocycles. The smallest absolute Gasteiger partial charge is 0.302 e. The van der Waals surface area contributed by atoms with Crippen molar-refractivity contribution in [3.8, 4) is 11.5 Å². The number of nitrogens with zero attached hydrogens (tertiary/aromatic N) is 2. The van der Waals surface area contributed by atoms with Crippen LogP contribution in [0.15, 0.2) is 23.4 Å². The number of hydrogen-bond acceptors (Lipinski definition) is 7. The highest BCUT2D eigenvalue weighted by Gasteiger charge is 2.30. The minimum atomic E-state index is -1.14. The van der Waals surface area contributed by atoms with Gasteiger partial charge >= 0.3 is 5.91 Å². The predicted octanol–water partition coefficient (Wildman–Crippen LogP) is 2.06. The molecule has 1 aromatic carbocycles. The standard InChI is InChI=1S/C20H27N3O6/c1-28-16-7-6-14(12-17(16)29-15-4-2-3-5-15)13-8-10-23(11-9-13)20(25)18(21-26)19(24)22-27/h6-7,12-13,15,26-27H,2-5,8-11H2,1H3,(H,22,24)/b21-18+. The Balaban J connectivity index is 1.65. The zero-order chi connectivity index (χ0) is 20.8. The van der Waals surface area contributed by atoms with E-state index in [1.54, 1.807) is 7.11 Å². The number of carbonyl (C=O) groups excluding carboxylic acids is 2. The first-order chi connectivity index (χ1) is 14.1. The van der Waals surface area contributed by atoms with Gasteiger partial charge in [0.2, 0.25) is 5.71 Å². The fraction of sp³-hybridized carbons (Fsp3) is 0.550. The van der Waals surface area contributed by atoms with Crippen LogP contribution >= 0.6 is 0 Å². The minimum Gasteiger partial charge on any atom is -0.493 e. The number of benzene rings is 1. The van der Waals surface area contributed by atoms with Crippen molar-refractivity contribution in [1.82, 2.24) is 10.4 Å². The van der Waals surface area contributed by atoms with Gasteiger partial charge in [0.25, 0.3) is 5.91 Å². The van der Waals surface area contributed by atoms with Crippen LogP contribution in [0.4, 0.5) is 0 Å². The molecule has 0 radical (unpaired) electrons. The number of hydrogen-bond donors (Lipinski definition) is 3. The van der Waals surface area contributed by atoms with Gasteiger partial charge in [-0.1, -0.05) is 11.2 Å². The molecule has 1 saturated heterocycles. The third-order valence-electron chi connectivity index (χ3n) is 5.66. The summed E-state index contributed by atoms with van der Waals surface area (Å²) in [5.74, 6) is -0.144. The summed E-state index contributed by atoms with van der Waals surface area (Å²) in [5.41, 5.74) is 1.70. The molecule has 3 rings (SSSR count). The van der Waals surface area contributed by atoms with Gasteiger partial charge in [-0.15, -0.1) is 0 Å². The zero-order valence-electron chi connectivity index (χ0n) is 16.5. The lowest BCUT2D eigenvalue weighted by molar-refractivity contribution is -0.128. The van der Waals surface area contributed by atoms with Gasteiger partial charge in [-0.3, -0.25) is 14.8 Å². The van der Waals surface area contributed by atoms with Crippen LogP contribution in [-0.2, 0) is 9.59 Å². The van der Waals surface area contributed by atoms with Gasteiger partial charge in [0, 0.05) is 13.1 Å². The first-order valence-corrected chi connectivity index (χ1v) is 9.87. The average Bonchev–Trinajstić information content (AvgIpc) is 3.27. The van der Waals surface area contributed by atoms with Gasteiger partial charge in [-0.2, -0.15) is 0 Å². The van der Waals surface area contributed by atoms with Crippen molar-refractivity contribution in [2.24, 2.45) is 5.16 Å². The molecule has 1 saturated carbocycles. The number of carbonyl (C=O) groups is 2. The number of rotatable bonds is 6. The summed E-state index contributed by atoms with van der Waals surface area (Å²) < 4.78 is 11.6. The molecular formula is C20H27N3O6. The molecule has 0 spiro atoms.